The molecule has 0 fully saturated rings. The largest absolute Gasteiger partial charge is 0.423 e. The molecule has 0 atom stereocenters. The van der Waals surface area contributed by atoms with Crippen molar-refractivity contribution < 1.29 is 27.5 Å². The third-order valence-electron chi connectivity index (χ3n) is 3.16. The lowest BCUT2D eigenvalue weighted by Crippen LogP contribution is -2.15. The first-order chi connectivity index (χ1) is 11.3. The number of nitrogens with one attached hydrogen (secondary N) is 1. The number of ether oxygens (including phenoxy) is 1. The molecule has 7 heteroatoms. The van der Waals surface area contributed by atoms with Gasteiger partial charge >= 0.3 is 12.1 Å². The molecule has 0 radical (unpaired) electrons. The molecule has 2 aromatic rings. The molecule has 0 aliphatic heterocycles. The van der Waals surface area contributed by atoms with Crippen LogP contribution < -0.4 is 10.1 Å². The Balaban J connectivity index is 2.04. The van der Waals surface area contributed by atoms with Crippen molar-refractivity contribution in [1.29, 1.82) is 0 Å². The van der Waals surface area contributed by atoms with Crippen LogP contribution in [0.1, 0.15) is 27.1 Å². The summed E-state index contributed by atoms with van der Waals surface area (Å²) in [6.45, 7) is 0. The third kappa shape index (κ3) is 4.84. The Kier molecular flexibility index (Phi) is 5.23. The quantitative estimate of drug-likeness (QED) is 0.507. The van der Waals surface area contributed by atoms with Crippen LogP contribution in [0.4, 0.5) is 18.9 Å². The Morgan fingerprint density at radius 3 is 2.00 bits per heavy atom. The number of esters is 1. The van der Waals surface area contributed by atoms with Gasteiger partial charge in [0.15, 0.2) is 5.78 Å². The van der Waals surface area contributed by atoms with Gasteiger partial charge in [0.2, 0.25) is 0 Å². The lowest BCUT2D eigenvalue weighted by molar-refractivity contribution is -0.125. The van der Waals surface area contributed by atoms with Crippen LogP contribution in [-0.2, 0) is 0 Å². The lowest BCUT2D eigenvalue weighted by Gasteiger charge is -2.07. The van der Waals surface area contributed by atoms with Crippen molar-refractivity contribution in [2.45, 2.75) is 12.6 Å². The number of hydrogen-bond donors (Lipinski definition) is 1. The Labute approximate surface area is 136 Å². The average molecular weight is 337 g/mol. The molecule has 0 amide bonds. The van der Waals surface area contributed by atoms with Gasteiger partial charge in [0, 0.05) is 18.3 Å². The second-order valence-corrected chi connectivity index (χ2v) is 4.96. The van der Waals surface area contributed by atoms with E-state index in [-0.39, 0.29) is 11.1 Å². The van der Waals surface area contributed by atoms with E-state index in [2.05, 4.69) is 5.32 Å². The molecule has 0 aliphatic carbocycles. The van der Waals surface area contributed by atoms with Crippen LogP contribution in [-0.4, -0.2) is 25.0 Å². The molecule has 2 rings (SSSR count). The topological polar surface area (TPSA) is 55.4 Å². The normalized spacial score (nSPS) is 11.0. The monoisotopic (exact) mass is 337 g/mol. The summed E-state index contributed by atoms with van der Waals surface area (Å²) in [5.74, 6) is -1.39. The molecule has 0 saturated carbocycles. The smallest absolute Gasteiger partial charge is 0.396 e. The minimum atomic E-state index is -4.56. The molecule has 0 aromatic heterocycles. The van der Waals surface area contributed by atoms with Gasteiger partial charge in [0.25, 0.3) is 0 Å². The number of Topliss-reactive ketones (excluding diaryl/α,β-unsaturated/α-hetero) is 1. The Morgan fingerprint density at radius 2 is 1.50 bits per heavy atom. The van der Waals surface area contributed by atoms with E-state index in [1.165, 1.54) is 24.3 Å². The Morgan fingerprint density at radius 1 is 0.958 bits per heavy atom. The van der Waals surface area contributed by atoms with Crippen LogP contribution in [0.5, 0.6) is 5.75 Å². The molecule has 0 unspecified atom stereocenters. The number of hydrogen-bond acceptors (Lipinski definition) is 4. The number of benzene rings is 2. The minimum Gasteiger partial charge on any atom is -0.423 e. The summed E-state index contributed by atoms with van der Waals surface area (Å²) >= 11 is 0. The molecular formula is C17H14F3NO3. The predicted octanol–water partition coefficient (Wildman–Crippen LogP) is 4.08. The molecule has 2 aromatic carbocycles. The van der Waals surface area contributed by atoms with Gasteiger partial charge < -0.3 is 10.1 Å². The van der Waals surface area contributed by atoms with E-state index in [1.54, 1.807) is 31.3 Å². The first-order valence-electron chi connectivity index (χ1n) is 6.98. The Bertz CT molecular complexity index is 722. The SMILES string of the molecule is CNc1ccc(OC(=O)c2ccc(C(=O)CC(F)(F)F)cc2)cc1. The van der Waals surface area contributed by atoms with Crippen LogP contribution >= 0.6 is 0 Å². The van der Waals surface area contributed by atoms with Crippen molar-refractivity contribution in [1.82, 2.24) is 0 Å². The summed E-state index contributed by atoms with van der Waals surface area (Å²) in [6, 6.07) is 11.5. The van der Waals surface area contributed by atoms with E-state index in [0.717, 1.165) is 5.69 Å². The second kappa shape index (κ2) is 7.16. The Hall–Kier alpha value is -2.83. The van der Waals surface area contributed by atoms with Crippen LogP contribution in [0.3, 0.4) is 0 Å². The molecular weight excluding hydrogens is 323 g/mol. The zero-order valence-corrected chi connectivity index (χ0v) is 12.7. The summed E-state index contributed by atoms with van der Waals surface area (Å²) in [5.41, 5.74) is 0.876. The van der Waals surface area contributed by atoms with Crippen molar-refractivity contribution in [3.8, 4) is 5.75 Å². The molecule has 0 bridgehead atoms. The fraction of sp³-hybridized carbons (Fsp3) is 0.176. The number of carbonyl (C=O) groups is 2. The van der Waals surface area contributed by atoms with E-state index in [1.807, 2.05) is 0 Å². The molecule has 0 heterocycles. The summed E-state index contributed by atoms with van der Waals surface area (Å²) < 4.78 is 41.7. The fourth-order valence-corrected chi connectivity index (χ4v) is 1.93. The van der Waals surface area contributed by atoms with Gasteiger partial charge in [0.1, 0.15) is 12.2 Å². The maximum Gasteiger partial charge on any atom is 0.396 e. The fourth-order valence-electron chi connectivity index (χ4n) is 1.93. The number of halogens is 3. The summed E-state index contributed by atoms with van der Waals surface area (Å²) in [7, 11) is 1.75. The zero-order valence-electron chi connectivity index (χ0n) is 12.7. The highest BCUT2D eigenvalue weighted by Gasteiger charge is 2.31. The number of anilines is 1. The van der Waals surface area contributed by atoms with Gasteiger partial charge in [0.05, 0.1) is 5.56 Å². The highest BCUT2D eigenvalue weighted by atomic mass is 19.4. The van der Waals surface area contributed by atoms with Gasteiger partial charge in [-0.1, -0.05) is 12.1 Å². The number of carbonyl (C=O) groups excluding carboxylic acids is 2. The first-order valence-corrected chi connectivity index (χ1v) is 6.98. The van der Waals surface area contributed by atoms with E-state index in [9.17, 15) is 22.8 Å². The van der Waals surface area contributed by atoms with Crippen molar-refractivity contribution >= 4 is 17.4 Å². The average Bonchev–Trinajstić information content (AvgIpc) is 2.54. The summed E-state index contributed by atoms with van der Waals surface area (Å²) in [4.78, 5) is 23.4. The first kappa shape index (κ1) is 17.5. The van der Waals surface area contributed by atoms with Crippen molar-refractivity contribution in [3.05, 3.63) is 59.7 Å². The van der Waals surface area contributed by atoms with Crippen molar-refractivity contribution in [2.24, 2.45) is 0 Å². The lowest BCUT2D eigenvalue weighted by atomic mass is 10.1. The van der Waals surface area contributed by atoms with Gasteiger partial charge in [-0.2, -0.15) is 13.2 Å². The van der Waals surface area contributed by atoms with Crippen molar-refractivity contribution in [3.63, 3.8) is 0 Å². The second-order valence-electron chi connectivity index (χ2n) is 4.96. The minimum absolute atomic E-state index is 0.109. The molecule has 0 spiro atoms. The molecule has 24 heavy (non-hydrogen) atoms. The molecule has 1 N–H and O–H groups in total. The summed E-state index contributed by atoms with van der Waals surface area (Å²) in [5, 5.41) is 2.92. The van der Waals surface area contributed by atoms with E-state index in [4.69, 9.17) is 4.74 Å². The maximum atomic E-state index is 12.2. The zero-order chi connectivity index (χ0) is 17.7. The van der Waals surface area contributed by atoms with Gasteiger partial charge in [-0.25, -0.2) is 4.79 Å². The van der Waals surface area contributed by atoms with E-state index in [0.29, 0.717) is 5.75 Å². The number of ketones is 1. The van der Waals surface area contributed by atoms with E-state index >= 15 is 0 Å². The summed E-state index contributed by atoms with van der Waals surface area (Å²) in [6.07, 6.45) is -6.09. The third-order valence-corrected chi connectivity index (χ3v) is 3.16. The van der Waals surface area contributed by atoms with Crippen LogP contribution in [0.25, 0.3) is 0 Å². The molecule has 4 nitrogen and oxygen atoms in total. The predicted molar refractivity (Wildman–Crippen MR) is 82.4 cm³/mol. The molecule has 0 aliphatic rings. The number of alkyl halides is 3. The van der Waals surface area contributed by atoms with Gasteiger partial charge in [-0.3, -0.25) is 4.79 Å². The maximum absolute atomic E-state index is 12.2. The standard InChI is InChI=1S/C17H14F3NO3/c1-21-13-6-8-14(9-7-13)24-16(23)12-4-2-11(3-5-12)15(22)10-17(18,19)20/h2-9,21H,10H2,1H3. The van der Waals surface area contributed by atoms with Crippen molar-refractivity contribution in [2.75, 3.05) is 12.4 Å². The van der Waals surface area contributed by atoms with Gasteiger partial charge in [-0.15, -0.1) is 0 Å². The van der Waals surface area contributed by atoms with E-state index < -0.39 is 24.3 Å². The molecule has 126 valence electrons. The van der Waals surface area contributed by atoms with Gasteiger partial charge in [-0.05, 0) is 36.4 Å². The highest BCUT2D eigenvalue weighted by molar-refractivity contribution is 5.98. The van der Waals surface area contributed by atoms with Crippen LogP contribution in [0.2, 0.25) is 0 Å². The highest BCUT2D eigenvalue weighted by Crippen LogP contribution is 2.22. The molecule has 0 saturated heterocycles. The van der Waals surface area contributed by atoms with Crippen LogP contribution in [0.15, 0.2) is 48.5 Å². The number of rotatable bonds is 5. The van der Waals surface area contributed by atoms with Crippen LogP contribution in [0, 0.1) is 0 Å².